The first kappa shape index (κ1) is 34.1. The van der Waals surface area contributed by atoms with E-state index in [1.165, 1.54) is 0 Å². The number of rotatable bonds is 15. The number of aromatic nitrogens is 1. The van der Waals surface area contributed by atoms with Gasteiger partial charge in [-0.15, -0.1) is 11.3 Å². The lowest BCUT2D eigenvalue weighted by Gasteiger charge is -2.37. The Hall–Kier alpha value is -3.80. The van der Waals surface area contributed by atoms with Crippen molar-refractivity contribution in [3.63, 3.8) is 0 Å². The van der Waals surface area contributed by atoms with Crippen LogP contribution in [0.25, 0.3) is 0 Å². The minimum atomic E-state index is -1.06. The van der Waals surface area contributed by atoms with E-state index in [1.807, 2.05) is 18.2 Å². The van der Waals surface area contributed by atoms with E-state index < -0.39 is 23.6 Å². The van der Waals surface area contributed by atoms with E-state index in [0.29, 0.717) is 43.3 Å². The normalized spacial score (nSPS) is 20.8. The number of nitrogen functional groups attached to an aromatic ring is 1. The molecule has 2 aromatic rings. The third-order valence-corrected chi connectivity index (χ3v) is 9.14. The van der Waals surface area contributed by atoms with Crippen LogP contribution in [-0.4, -0.2) is 74.8 Å². The summed E-state index contributed by atoms with van der Waals surface area (Å²) in [6.07, 6.45) is 2.47. The van der Waals surface area contributed by atoms with E-state index in [2.05, 4.69) is 26.0 Å². The maximum Gasteiger partial charge on any atom is 0.275 e. The Kier molecular flexibility index (Phi) is 11.4. The van der Waals surface area contributed by atoms with E-state index in [9.17, 15) is 14.5 Å². The van der Waals surface area contributed by atoms with Gasteiger partial charge in [0.1, 0.15) is 23.4 Å². The standard InChI is InChI=1S/C28H38N8O7S2/c1-15(22-7-5-18-11-19(6-8-23(18)41-22)25(29)33-20-9-17(10-20)12-31-39)42-35-24(21-13-44-27(30)34-21)26(38)32-16(2)28(3,4)36(14-37)43-45-40/h6,8,11,13-17,20,22,40H,5,7,9-10,12H2,1-4H3,(H2,29,33)(H2,30,34)(H,32,38)/b35-24-. The molecule has 45 heavy (non-hydrogen) atoms. The van der Waals surface area contributed by atoms with Crippen LogP contribution in [0.4, 0.5) is 5.13 Å². The van der Waals surface area contributed by atoms with Crippen molar-refractivity contribution in [1.29, 1.82) is 5.41 Å². The van der Waals surface area contributed by atoms with Gasteiger partial charge in [0.15, 0.2) is 29.3 Å². The highest BCUT2D eigenvalue weighted by atomic mass is 32.2. The molecule has 2 aliphatic rings. The molecule has 244 valence electrons. The molecule has 1 aliphatic heterocycles. The van der Waals surface area contributed by atoms with Crippen LogP contribution >= 0.6 is 23.7 Å². The largest absolute Gasteiger partial charge is 0.486 e. The van der Waals surface area contributed by atoms with Gasteiger partial charge in [0.05, 0.1) is 18.1 Å². The number of nitroso groups, excluding NO2 is 1. The van der Waals surface area contributed by atoms with Crippen LogP contribution in [0.3, 0.4) is 0 Å². The maximum absolute atomic E-state index is 13.4. The fourth-order valence-electron chi connectivity index (χ4n) is 5.01. The molecule has 0 radical (unpaired) electrons. The predicted molar refractivity (Wildman–Crippen MR) is 171 cm³/mol. The first-order valence-corrected chi connectivity index (χ1v) is 16.0. The molecule has 6 N–H and O–H groups in total. The molecule has 1 aliphatic carbocycles. The number of hydrogen-bond acceptors (Lipinski definition) is 14. The summed E-state index contributed by atoms with van der Waals surface area (Å²) in [4.78, 5) is 45.3. The smallest absolute Gasteiger partial charge is 0.275 e. The second-order valence-electron chi connectivity index (χ2n) is 11.6. The molecule has 0 spiro atoms. The van der Waals surface area contributed by atoms with Gasteiger partial charge in [-0.25, -0.2) is 10.0 Å². The minimum absolute atomic E-state index is 0.0130. The number of nitrogens with zero attached hydrogens (tertiary/aromatic N) is 4. The Balaban J connectivity index is 1.40. The molecule has 3 atom stereocenters. The average Bonchev–Trinajstić information content (AvgIpc) is 3.43. The van der Waals surface area contributed by atoms with E-state index in [4.69, 9.17) is 29.6 Å². The number of carbonyl (C=O) groups excluding carboxylic acids is 2. The van der Waals surface area contributed by atoms with Gasteiger partial charge in [-0.05, 0) is 83.1 Å². The van der Waals surface area contributed by atoms with Gasteiger partial charge in [0.25, 0.3) is 5.91 Å². The Morgan fingerprint density at radius 1 is 1.40 bits per heavy atom. The van der Waals surface area contributed by atoms with Crippen LogP contribution in [0.5, 0.6) is 5.75 Å². The monoisotopic (exact) mass is 662 g/mol. The lowest BCUT2D eigenvalue weighted by atomic mass is 9.80. The van der Waals surface area contributed by atoms with Gasteiger partial charge in [-0.3, -0.25) is 15.0 Å². The number of nitrogens with one attached hydrogen (secondary N) is 3. The number of hydroxylamine groups is 2. The molecular formula is C28H38N8O7S2. The minimum Gasteiger partial charge on any atom is -0.486 e. The quantitative estimate of drug-likeness (QED) is 0.0465. The van der Waals surface area contributed by atoms with Crippen molar-refractivity contribution >= 4 is 52.7 Å². The van der Waals surface area contributed by atoms with E-state index in [1.54, 1.807) is 33.1 Å². The summed E-state index contributed by atoms with van der Waals surface area (Å²) in [5.74, 6) is 0.694. The molecule has 4 rings (SSSR count). The first-order chi connectivity index (χ1) is 21.5. The van der Waals surface area contributed by atoms with Gasteiger partial charge in [0, 0.05) is 17.0 Å². The summed E-state index contributed by atoms with van der Waals surface area (Å²) >= 11 is 1.16. The number of anilines is 1. The van der Waals surface area contributed by atoms with Gasteiger partial charge in [-0.2, -0.15) is 9.19 Å². The summed E-state index contributed by atoms with van der Waals surface area (Å²) in [5.41, 5.74) is 6.61. The molecule has 0 saturated heterocycles. The second kappa shape index (κ2) is 15.0. The van der Waals surface area contributed by atoms with Gasteiger partial charge in [0.2, 0.25) is 6.41 Å². The summed E-state index contributed by atoms with van der Waals surface area (Å²) in [5, 5.41) is 24.3. The summed E-state index contributed by atoms with van der Waals surface area (Å²) in [6.45, 7) is 7.09. The molecule has 1 aromatic carbocycles. The van der Waals surface area contributed by atoms with Crippen molar-refractivity contribution in [2.45, 2.75) is 83.2 Å². The number of fused-ring (bicyclic) bond motifs is 1. The van der Waals surface area contributed by atoms with E-state index >= 15 is 0 Å². The van der Waals surface area contributed by atoms with Crippen LogP contribution in [0.15, 0.2) is 33.9 Å². The SMILES string of the molecule is CC(O/N=C(\C(=O)NC(C)C(C)(C)N(C=O)OSO)c1csc(N)n1)C1CCc2cc(C(=N)NC3CC(CN=O)C3)ccc2O1. The van der Waals surface area contributed by atoms with Crippen LogP contribution in [0.1, 0.15) is 63.8 Å². The summed E-state index contributed by atoms with van der Waals surface area (Å²) in [6, 6.07) is 5.13. The number of hydrogen-bond donors (Lipinski definition) is 5. The first-order valence-electron chi connectivity index (χ1n) is 14.4. The lowest BCUT2D eigenvalue weighted by Crippen LogP contribution is -2.57. The Morgan fingerprint density at radius 3 is 2.80 bits per heavy atom. The molecule has 1 fully saturated rings. The molecule has 0 bridgehead atoms. The molecule has 3 unspecified atom stereocenters. The number of aryl methyl sites for hydroxylation is 1. The zero-order valence-electron chi connectivity index (χ0n) is 25.4. The van der Waals surface area contributed by atoms with Crippen molar-refractivity contribution in [3.8, 4) is 5.75 Å². The Bertz CT molecular complexity index is 1410. The predicted octanol–water partition coefficient (Wildman–Crippen LogP) is 3.48. The number of benzene rings is 1. The highest BCUT2D eigenvalue weighted by Crippen LogP contribution is 2.32. The fourth-order valence-corrected chi connectivity index (χ4v) is 5.86. The van der Waals surface area contributed by atoms with Crippen molar-refractivity contribution < 1.29 is 28.0 Å². The molecular weight excluding hydrogens is 624 g/mol. The highest BCUT2D eigenvalue weighted by molar-refractivity contribution is 7.88. The lowest BCUT2D eigenvalue weighted by molar-refractivity contribution is -0.162. The van der Waals surface area contributed by atoms with Crippen molar-refractivity contribution in [3.05, 3.63) is 45.3 Å². The molecule has 2 amide bonds. The Labute approximate surface area is 269 Å². The van der Waals surface area contributed by atoms with Gasteiger partial charge in [-0.1, -0.05) is 10.3 Å². The summed E-state index contributed by atoms with van der Waals surface area (Å²) in [7, 11) is 0. The third-order valence-electron chi connectivity index (χ3n) is 8.24. The average molecular weight is 663 g/mol. The zero-order chi connectivity index (χ0) is 32.7. The Morgan fingerprint density at radius 2 is 2.16 bits per heavy atom. The molecule has 15 nitrogen and oxygen atoms in total. The number of thiazole rings is 1. The van der Waals surface area contributed by atoms with Gasteiger partial charge >= 0.3 is 0 Å². The molecule has 17 heteroatoms. The molecule has 1 saturated carbocycles. The van der Waals surface area contributed by atoms with Crippen molar-refractivity contribution in [1.82, 2.24) is 20.7 Å². The van der Waals surface area contributed by atoms with E-state index in [0.717, 1.165) is 40.4 Å². The number of nitrogens with two attached hydrogens (primary N) is 1. The van der Waals surface area contributed by atoms with Crippen molar-refractivity contribution in [2.24, 2.45) is 16.3 Å². The maximum atomic E-state index is 13.4. The van der Waals surface area contributed by atoms with Crippen molar-refractivity contribution in [2.75, 3.05) is 12.3 Å². The number of ether oxygens (including phenoxy) is 1. The molecule has 1 aromatic heterocycles. The zero-order valence-corrected chi connectivity index (χ0v) is 27.0. The molecule has 2 heterocycles. The highest BCUT2D eigenvalue weighted by Gasteiger charge is 2.36. The van der Waals surface area contributed by atoms with Crippen LogP contribution in [-0.2, 0) is 25.1 Å². The topological polar surface area (TPSA) is 214 Å². The summed E-state index contributed by atoms with van der Waals surface area (Å²) < 4.78 is 20.1. The third kappa shape index (κ3) is 8.27. The number of carbonyl (C=O) groups is 2. The number of amidine groups is 1. The van der Waals surface area contributed by atoms with Crippen LogP contribution < -0.4 is 21.1 Å². The number of oxime groups is 1. The number of amides is 2. The van der Waals surface area contributed by atoms with Crippen LogP contribution in [0.2, 0.25) is 0 Å². The second-order valence-corrected chi connectivity index (χ2v) is 12.8. The van der Waals surface area contributed by atoms with E-state index in [-0.39, 0.29) is 41.0 Å². The van der Waals surface area contributed by atoms with Gasteiger partial charge < -0.3 is 30.5 Å². The van der Waals surface area contributed by atoms with Crippen LogP contribution in [0, 0.1) is 16.2 Å². The fraction of sp³-hybridized carbons (Fsp3) is 0.536.